The number of hydrogen-bond acceptors (Lipinski definition) is 7. The number of carbonyl (C=O) groups is 3. The molecule has 0 fully saturated rings. The Morgan fingerprint density at radius 3 is 2.17 bits per heavy atom. The van der Waals surface area contributed by atoms with E-state index < -0.39 is 5.97 Å². The van der Waals surface area contributed by atoms with Gasteiger partial charge >= 0.3 is 5.97 Å². The third-order valence-electron chi connectivity index (χ3n) is 8.21. The average molecular weight is 609 g/mol. The lowest BCUT2D eigenvalue weighted by Gasteiger charge is -2.19. The van der Waals surface area contributed by atoms with E-state index in [9.17, 15) is 19.2 Å². The molecular weight excluding hydrogens is 580 g/mol. The number of rotatable bonds is 8. The van der Waals surface area contributed by atoms with E-state index in [0.717, 1.165) is 29.4 Å². The predicted octanol–water partition coefficient (Wildman–Crippen LogP) is 7.88. The van der Waals surface area contributed by atoms with Crippen LogP contribution >= 0.6 is 0 Å². The number of fused-ring (bicyclic) bond motifs is 4. The fraction of sp³-hybridized carbons (Fsp3) is 0.128. The van der Waals surface area contributed by atoms with E-state index in [1.165, 1.54) is 12.1 Å². The summed E-state index contributed by atoms with van der Waals surface area (Å²) in [6.07, 6.45) is 1.68. The SMILES string of the molecule is CCCCOC(=O)c1ccccc1-c1c2ccc(=O)cc-2oc2cc(OCc3ccc4c(c3)C(=O)c3ccccc3C4=O)ccc12. The van der Waals surface area contributed by atoms with Crippen molar-refractivity contribution in [2.24, 2.45) is 0 Å². The van der Waals surface area contributed by atoms with Gasteiger partial charge in [-0.05, 0) is 60.0 Å². The van der Waals surface area contributed by atoms with Crippen LogP contribution in [0.3, 0.4) is 0 Å². The number of carbonyl (C=O) groups excluding carboxylic acids is 3. The van der Waals surface area contributed by atoms with Crippen LogP contribution in [0.1, 0.15) is 67.5 Å². The van der Waals surface area contributed by atoms with E-state index in [2.05, 4.69) is 0 Å². The molecule has 7 nitrogen and oxygen atoms in total. The van der Waals surface area contributed by atoms with Crippen LogP contribution in [-0.2, 0) is 11.3 Å². The Morgan fingerprint density at radius 1 is 0.696 bits per heavy atom. The van der Waals surface area contributed by atoms with E-state index >= 15 is 0 Å². The van der Waals surface area contributed by atoms with Crippen LogP contribution in [0, 0.1) is 0 Å². The molecule has 7 rings (SSSR count). The van der Waals surface area contributed by atoms with Gasteiger partial charge in [0.15, 0.2) is 17.0 Å². The van der Waals surface area contributed by atoms with Crippen molar-refractivity contribution in [3.8, 4) is 28.2 Å². The molecule has 4 aromatic rings. The zero-order chi connectivity index (χ0) is 31.8. The van der Waals surface area contributed by atoms with Crippen molar-refractivity contribution in [2.75, 3.05) is 6.61 Å². The number of benzene rings is 5. The predicted molar refractivity (Wildman–Crippen MR) is 174 cm³/mol. The van der Waals surface area contributed by atoms with Gasteiger partial charge in [0.1, 0.15) is 23.7 Å². The molecule has 4 aromatic carbocycles. The van der Waals surface area contributed by atoms with E-state index in [-0.39, 0.29) is 23.6 Å². The molecule has 0 saturated heterocycles. The van der Waals surface area contributed by atoms with Gasteiger partial charge < -0.3 is 13.9 Å². The summed E-state index contributed by atoms with van der Waals surface area (Å²) in [7, 11) is 0. The van der Waals surface area contributed by atoms with E-state index in [1.807, 2.05) is 25.1 Å². The first-order valence-electron chi connectivity index (χ1n) is 15.1. The molecular formula is C39H28O7. The van der Waals surface area contributed by atoms with E-state index in [1.54, 1.807) is 72.8 Å². The van der Waals surface area contributed by atoms with Crippen LogP contribution in [0.15, 0.2) is 112 Å². The molecule has 0 bridgehead atoms. The summed E-state index contributed by atoms with van der Waals surface area (Å²) in [5, 5.41) is 0.726. The number of hydrogen-bond donors (Lipinski definition) is 0. The van der Waals surface area contributed by atoms with Gasteiger partial charge in [0.25, 0.3) is 0 Å². The van der Waals surface area contributed by atoms with Gasteiger partial charge in [-0.1, -0.05) is 61.9 Å². The Kier molecular flexibility index (Phi) is 7.50. The molecule has 0 atom stereocenters. The maximum absolute atomic E-state index is 13.2. The molecule has 0 saturated carbocycles. The topological polar surface area (TPSA) is 99.9 Å². The summed E-state index contributed by atoms with van der Waals surface area (Å²) in [6.45, 7) is 2.50. The molecule has 0 aromatic heterocycles. The van der Waals surface area contributed by atoms with Crippen LogP contribution in [0.5, 0.6) is 5.75 Å². The van der Waals surface area contributed by atoms with Gasteiger partial charge in [-0.15, -0.1) is 0 Å². The third kappa shape index (κ3) is 5.16. The highest BCUT2D eigenvalue weighted by molar-refractivity contribution is 6.28. The second-order valence-corrected chi connectivity index (χ2v) is 11.2. The average Bonchev–Trinajstić information content (AvgIpc) is 3.08. The highest BCUT2D eigenvalue weighted by Crippen LogP contribution is 2.42. The molecule has 46 heavy (non-hydrogen) atoms. The smallest absolute Gasteiger partial charge is 0.338 e. The summed E-state index contributed by atoms with van der Waals surface area (Å²) in [5.74, 6) is 0.0920. The van der Waals surface area contributed by atoms with Crippen LogP contribution < -0.4 is 10.2 Å². The number of esters is 1. The zero-order valence-corrected chi connectivity index (χ0v) is 25.0. The van der Waals surface area contributed by atoms with Gasteiger partial charge in [0.2, 0.25) is 0 Å². The molecule has 1 aliphatic heterocycles. The first kappa shape index (κ1) is 28.9. The molecule has 0 amide bonds. The molecule has 0 unspecified atom stereocenters. The Bertz CT molecular complexity index is 2210. The summed E-state index contributed by atoms with van der Waals surface area (Å²) in [4.78, 5) is 51.6. The second kappa shape index (κ2) is 11.9. The molecule has 0 N–H and O–H groups in total. The van der Waals surface area contributed by atoms with Crippen molar-refractivity contribution in [2.45, 2.75) is 26.4 Å². The molecule has 0 spiro atoms. The first-order chi connectivity index (χ1) is 22.4. The third-order valence-corrected chi connectivity index (χ3v) is 8.21. The van der Waals surface area contributed by atoms with Crippen LogP contribution in [0.25, 0.3) is 33.4 Å². The summed E-state index contributed by atoms with van der Waals surface area (Å²) in [5.41, 5.74) is 5.03. The van der Waals surface area contributed by atoms with Crippen LogP contribution in [-0.4, -0.2) is 24.1 Å². The molecule has 7 heteroatoms. The zero-order valence-electron chi connectivity index (χ0n) is 25.0. The Balaban J connectivity index is 1.24. The standard InChI is InChI=1S/C39H28O7/c1-2-3-18-44-39(43)30-11-7-4-8-26(30)36-31-16-13-24(40)20-34(31)46-35-21-25(14-17-32(35)36)45-22-23-12-15-29-33(19-23)38(42)28-10-6-5-9-27(28)37(29)41/h4-17,19-21H,2-3,18,22H2,1H3. The highest BCUT2D eigenvalue weighted by Gasteiger charge is 2.29. The van der Waals surface area contributed by atoms with Gasteiger partial charge in [-0.3, -0.25) is 14.4 Å². The molecule has 3 aliphatic rings. The molecule has 226 valence electrons. The quantitative estimate of drug-likeness (QED) is 0.0983. The lowest BCUT2D eigenvalue weighted by molar-refractivity contribution is 0.0500. The Hall–Kier alpha value is -5.82. The molecule has 0 radical (unpaired) electrons. The normalized spacial score (nSPS) is 12.2. The lowest BCUT2D eigenvalue weighted by Crippen LogP contribution is -2.21. The van der Waals surface area contributed by atoms with Crippen LogP contribution in [0.2, 0.25) is 0 Å². The monoisotopic (exact) mass is 608 g/mol. The number of ketones is 2. The van der Waals surface area contributed by atoms with Crippen molar-refractivity contribution in [1.82, 2.24) is 0 Å². The van der Waals surface area contributed by atoms with Crippen LogP contribution in [0.4, 0.5) is 0 Å². The summed E-state index contributed by atoms with van der Waals surface area (Å²) >= 11 is 0. The molecule has 2 aliphatic carbocycles. The van der Waals surface area contributed by atoms with Gasteiger partial charge in [-0.25, -0.2) is 4.79 Å². The number of unbranched alkanes of at least 4 members (excludes halogenated alkanes) is 1. The van der Waals surface area contributed by atoms with Crippen molar-refractivity contribution in [1.29, 1.82) is 0 Å². The first-order valence-corrected chi connectivity index (χ1v) is 15.1. The Labute approximate surface area is 264 Å². The van der Waals surface area contributed by atoms with E-state index in [4.69, 9.17) is 13.9 Å². The van der Waals surface area contributed by atoms with E-state index in [0.29, 0.717) is 62.6 Å². The largest absolute Gasteiger partial charge is 0.489 e. The van der Waals surface area contributed by atoms with Gasteiger partial charge in [0.05, 0.1) is 12.2 Å². The fourth-order valence-electron chi connectivity index (χ4n) is 5.90. The summed E-state index contributed by atoms with van der Waals surface area (Å²) < 4.78 is 17.9. The summed E-state index contributed by atoms with van der Waals surface area (Å²) in [6, 6.07) is 29.3. The van der Waals surface area contributed by atoms with Crippen molar-refractivity contribution >= 4 is 28.5 Å². The maximum atomic E-state index is 13.2. The minimum atomic E-state index is -0.416. The van der Waals surface area contributed by atoms with Gasteiger partial charge in [-0.2, -0.15) is 0 Å². The fourth-order valence-corrected chi connectivity index (χ4v) is 5.90. The lowest BCUT2D eigenvalue weighted by atomic mass is 9.83. The van der Waals surface area contributed by atoms with Crippen molar-refractivity contribution in [3.63, 3.8) is 0 Å². The minimum Gasteiger partial charge on any atom is -0.489 e. The molecule has 1 heterocycles. The second-order valence-electron chi connectivity index (χ2n) is 11.2. The minimum absolute atomic E-state index is 0.138. The maximum Gasteiger partial charge on any atom is 0.338 e. The highest BCUT2D eigenvalue weighted by atomic mass is 16.5. The van der Waals surface area contributed by atoms with Gasteiger partial charge in [0, 0.05) is 50.9 Å². The van der Waals surface area contributed by atoms with Crippen molar-refractivity contribution in [3.05, 3.63) is 147 Å². The van der Waals surface area contributed by atoms with Crippen molar-refractivity contribution < 1.29 is 28.3 Å². The number of ether oxygens (including phenoxy) is 2. The Morgan fingerprint density at radius 2 is 1.39 bits per heavy atom.